The third-order valence-electron chi connectivity index (χ3n) is 9.48. The van der Waals surface area contributed by atoms with Crippen LogP contribution in [0.15, 0.2) is 41.5 Å². The summed E-state index contributed by atoms with van der Waals surface area (Å²) in [6.45, 7) is 6.04. The van der Waals surface area contributed by atoms with Crippen molar-refractivity contribution in [3.8, 4) is 0 Å². The van der Waals surface area contributed by atoms with Gasteiger partial charge in [-0.05, 0) is 91.0 Å². The summed E-state index contributed by atoms with van der Waals surface area (Å²) in [5.41, 5.74) is 3.00. The topological polar surface area (TPSA) is 86.5 Å². The fourth-order valence-electron chi connectivity index (χ4n) is 7.66. The number of nitro groups is 1. The number of allylic oxidation sites excluding steroid dienone is 2. The number of Topliss-reactive ketones (excluding diaryl/α,β-unsaturated/α-hetero) is 1. The summed E-state index contributed by atoms with van der Waals surface area (Å²) in [6.07, 6.45) is 10.8. The van der Waals surface area contributed by atoms with Gasteiger partial charge in [-0.2, -0.15) is 0 Å². The van der Waals surface area contributed by atoms with Gasteiger partial charge in [-0.15, -0.1) is 0 Å². The van der Waals surface area contributed by atoms with Crippen molar-refractivity contribution in [3.63, 3.8) is 0 Å². The predicted molar refractivity (Wildman–Crippen MR) is 129 cm³/mol. The van der Waals surface area contributed by atoms with E-state index in [1.807, 2.05) is 6.08 Å². The molecule has 6 atom stereocenters. The average Bonchev–Trinajstić information content (AvgIpc) is 3.04. The number of fused-ring (bicyclic) bond motifs is 5. The van der Waals surface area contributed by atoms with Gasteiger partial charge in [0.25, 0.3) is 5.69 Å². The standard InChI is InChI=1S/C28H33NO5/c1-17(30)34-22-10-12-27(2)20(16-22)6-9-23-24(27)11-13-28(3)25(23)15-19(26(28)31)14-18-4-7-21(8-5-18)29(32)33/h4-8,14,22-25H,9-13,15-16H2,1-3H3. The zero-order valence-electron chi connectivity index (χ0n) is 20.2. The number of benzene rings is 1. The quantitative estimate of drug-likeness (QED) is 0.179. The van der Waals surface area contributed by atoms with E-state index in [1.165, 1.54) is 24.6 Å². The molecule has 3 fully saturated rings. The Bertz CT molecular complexity index is 1100. The van der Waals surface area contributed by atoms with E-state index in [9.17, 15) is 19.7 Å². The van der Waals surface area contributed by atoms with Crippen LogP contribution in [0.2, 0.25) is 0 Å². The number of nitrogens with zero attached hydrogens (tertiary/aromatic N) is 1. The Morgan fingerprint density at radius 3 is 2.47 bits per heavy atom. The highest BCUT2D eigenvalue weighted by molar-refractivity contribution is 6.06. The van der Waals surface area contributed by atoms with Crippen LogP contribution in [0.5, 0.6) is 0 Å². The van der Waals surface area contributed by atoms with Gasteiger partial charge in [0.15, 0.2) is 5.78 Å². The predicted octanol–water partition coefficient (Wildman–Crippen LogP) is 6.05. The molecule has 4 aliphatic rings. The molecule has 6 nitrogen and oxygen atoms in total. The van der Waals surface area contributed by atoms with Crippen LogP contribution in [0.25, 0.3) is 6.08 Å². The van der Waals surface area contributed by atoms with E-state index in [4.69, 9.17) is 4.74 Å². The summed E-state index contributed by atoms with van der Waals surface area (Å²) in [7, 11) is 0. The number of carbonyl (C=O) groups excluding carboxylic acids is 2. The van der Waals surface area contributed by atoms with Gasteiger partial charge in [-0.25, -0.2) is 0 Å². The van der Waals surface area contributed by atoms with E-state index in [-0.39, 0.29) is 34.4 Å². The van der Waals surface area contributed by atoms with E-state index in [0.29, 0.717) is 17.8 Å². The lowest BCUT2D eigenvalue weighted by molar-refractivity contribution is -0.384. The maximum atomic E-state index is 13.6. The van der Waals surface area contributed by atoms with Crippen LogP contribution >= 0.6 is 0 Å². The first-order valence-electron chi connectivity index (χ1n) is 12.5. The lowest BCUT2D eigenvalue weighted by Crippen LogP contribution is -2.50. The molecule has 3 saturated carbocycles. The highest BCUT2D eigenvalue weighted by atomic mass is 16.6. The minimum absolute atomic E-state index is 0.00785. The molecule has 1 aromatic rings. The summed E-state index contributed by atoms with van der Waals surface area (Å²) < 4.78 is 5.54. The summed E-state index contributed by atoms with van der Waals surface area (Å²) in [5.74, 6) is 1.41. The van der Waals surface area contributed by atoms with Crippen molar-refractivity contribution in [2.75, 3.05) is 0 Å². The lowest BCUT2D eigenvalue weighted by Gasteiger charge is -2.56. The molecule has 4 aliphatic carbocycles. The maximum Gasteiger partial charge on any atom is 0.302 e. The van der Waals surface area contributed by atoms with Crippen molar-refractivity contribution in [1.82, 2.24) is 0 Å². The monoisotopic (exact) mass is 463 g/mol. The molecule has 0 saturated heterocycles. The van der Waals surface area contributed by atoms with Gasteiger partial charge in [0.1, 0.15) is 6.10 Å². The third-order valence-corrected chi connectivity index (χ3v) is 9.48. The Hall–Kier alpha value is -2.76. The smallest absolute Gasteiger partial charge is 0.302 e. The maximum absolute atomic E-state index is 13.6. The number of rotatable bonds is 3. The Balaban J connectivity index is 1.40. The number of hydrogen-bond acceptors (Lipinski definition) is 5. The van der Waals surface area contributed by atoms with E-state index < -0.39 is 4.92 Å². The molecule has 0 spiro atoms. The summed E-state index contributed by atoms with van der Waals surface area (Å²) >= 11 is 0. The van der Waals surface area contributed by atoms with Gasteiger partial charge in [0.2, 0.25) is 0 Å². The third kappa shape index (κ3) is 3.62. The molecule has 0 aromatic heterocycles. The number of ketones is 1. The van der Waals surface area contributed by atoms with Crippen molar-refractivity contribution >= 4 is 23.5 Å². The Labute approximate surface area is 200 Å². The minimum Gasteiger partial charge on any atom is -0.462 e. The Kier molecular flexibility index (Phi) is 5.53. The van der Waals surface area contributed by atoms with Crippen molar-refractivity contribution < 1.29 is 19.2 Å². The molecule has 0 bridgehead atoms. The zero-order chi connectivity index (χ0) is 24.3. The molecule has 34 heavy (non-hydrogen) atoms. The molecular formula is C28H33NO5. The number of esters is 1. The second kappa shape index (κ2) is 8.17. The summed E-state index contributed by atoms with van der Waals surface area (Å²) in [4.78, 5) is 35.6. The molecule has 0 radical (unpaired) electrons. The number of hydrogen-bond donors (Lipinski definition) is 0. The molecule has 0 amide bonds. The fraction of sp³-hybridized carbons (Fsp3) is 0.571. The zero-order valence-corrected chi connectivity index (χ0v) is 20.2. The summed E-state index contributed by atoms with van der Waals surface area (Å²) in [5, 5.41) is 11.0. The molecule has 1 aromatic carbocycles. The lowest BCUT2D eigenvalue weighted by atomic mass is 9.48. The van der Waals surface area contributed by atoms with Crippen LogP contribution in [-0.4, -0.2) is 22.8 Å². The molecule has 180 valence electrons. The van der Waals surface area contributed by atoms with Gasteiger partial charge in [0, 0.05) is 30.9 Å². The second-order valence-electron chi connectivity index (χ2n) is 11.2. The van der Waals surface area contributed by atoms with Gasteiger partial charge in [0.05, 0.1) is 4.92 Å². The Morgan fingerprint density at radius 2 is 1.79 bits per heavy atom. The normalized spacial score (nSPS) is 37.9. The Morgan fingerprint density at radius 1 is 1.09 bits per heavy atom. The van der Waals surface area contributed by atoms with Gasteiger partial charge in [-0.3, -0.25) is 19.7 Å². The van der Waals surface area contributed by atoms with Gasteiger partial charge in [-0.1, -0.05) is 25.5 Å². The summed E-state index contributed by atoms with van der Waals surface area (Å²) in [6, 6.07) is 6.45. The number of carbonyl (C=O) groups is 2. The van der Waals surface area contributed by atoms with Crippen molar-refractivity contribution in [2.24, 2.45) is 28.6 Å². The molecular weight excluding hydrogens is 430 g/mol. The highest BCUT2D eigenvalue weighted by Gasteiger charge is 2.60. The molecule has 6 unspecified atom stereocenters. The van der Waals surface area contributed by atoms with E-state index in [2.05, 4.69) is 19.9 Å². The van der Waals surface area contributed by atoms with Crippen LogP contribution in [0, 0.1) is 38.7 Å². The van der Waals surface area contributed by atoms with E-state index in [0.717, 1.165) is 56.1 Å². The van der Waals surface area contributed by atoms with Crippen molar-refractivity contribution in [2.45, 2.75) is 71.8 Å². The van der Waals surface area contributed by atoms with E-state index >= 15 is 0 Å². The van der Waals surface area contributed by atoms with Crippen LogP contribution in [-0.2, 0) is 14.3 Å². The van der Waals surface area contributed by atoms with Crippen LogP contribution in [0.4, 0.5) is 5.69 Å². The second-order valence-corrected chi connectivity index (χ2v) is 11.2. The molecule has 6 heteroatoms. The minimum atomic E-state index is -0.404. The number of nitro benzene ring substituents is 1. The first-order chi connectivity index (χ1) is 16.1. The SMILES string of the molecule is CC(=O)OC1CCC2(C)C(=CCC3C4CC(=Cc5ccc([N+](=O)[O-])cc5)C(=O)C4(C)CCC32)C1. The number of ether oxygens (including phenoxy) is 1. The largest absolute Gasteiger partial charge is 0.462 e. The van der Waals surface area contributed by atoms with Gasteiger partial charge >= 0.3 is 5.97 Å². The van der Waals surface area contributed by atoms with E-state index in [1.54, 1.807) is 12.1 Å². The fourth-order valence-corrected chi connectivity index (χ4v) is 7.66. The van der Waals surface area contributed by atoms with Crippen LogP contribution in [0.3, 0.4) is 0 Å². The molecule has 5 rings (SSSR count). The first kappa shape index (κ1) is 23.0. The van der Waals surface area contributed by atoms with Gasteiger partial charge < -0.3 is 4.74 Å². The number of non-ortho nitro benzene ring substituents is 1. The first-order valence-corrected chi connectivity index (χ1v) is 12.5. The molecule has 0 N–H and O–H groups in total. The van der Waals surface area contributed by atoms with Crippen LogP contribution in [0.1, 0.15) is 71.3 Å². The average molecular weight is 464 g/mol. The van der Waals surface area contributed by atoms with Crippen LogP contribution < -0.4 is 0 Å². The van der Waals surface area contributed by atoms with Crippen molar-refractivity contribution in [3.05, 3.63) is 57.2 Å². The molecule has 0 aliphatic heterocycles. The molecule has 0 heterocycles. The van der Waals surface area contributed by atoms with Crippen molar-refractivity contribution in [1.29, 1.82) is 0 Å². The highest BCUT2D eigenvalue weighted by Crippen LogP contribution is 2.64.